The molecular formula is C10H14N4O. The summed E-state index contributed by atoms with van der Waals surface area (Å²) in [7, 11) is 0. The molecule has 2 unspecified atom stereocenters. The van der Waals surface area contributed by atoms with Gasteiger partial charge in [0.05, 0.1) is 24.0 Å². The summed E-state index contributed by atoms with van der Waals surface area (Å²) >= 11 is 0. The van der Waals surface area contributed by atoms with Crippen LogP contribution in [-0.4, -0.2) is 28.5 Å². The smallest absolute Gasteiger partial charge is 0.229 e. The molecule has 5 heteroatoms. The molecule has 1 fully saturated rings. The van der Waals surface area contributed by atoms with Crippen molar-refractivity contribution in [2.45, 2.75) is 19.4 Å². The lowest BCUT2D eigenvalue weighted by molar-refractivity contribution is -0.120. The van der Waals surface area contributed by atoms with Crippen LogP contribution in [0.5, 0.6) is 0 Å². The molecule has 80 valence electrons. The van der Waals surface area contributed by atoms with E-state index in [0.29, 0.717) is 5.69 Å². The molecular weight excluding hydrogens is 192 g/mol. The van der Waals surface area contributed by atoms with E-state index in [1.807, 2.05) is 6.92 Å². The minimum Gasteiger partial charge on any atom is -0.323 e. The standard InChI is InChI=1S/C10H14N4O/c1-7-9(2-3-13-7)10(15)14-8-4-11-6-12-5-8/h4-7,9,13H,2-3H2,1H3,(H,14,15). The van der Waals surface area contributed by atoms with Crippen LogP contribution in [-0.2, 0) is 4.79 Å². The van der Waals surface area contributed by atoms with Crippen LogP contribution < -0.4 is 10.6 Å². The van der Waals surface area contributed by atoms with Crippen LogP contribution >= 0.6 is 0 Å². The first-order valence-corrected chi connectivity index (χ1v) is 5.06. The molecule has 0 spiro atoms. The maximum absolute atomic E-state index is 11.8. The molecule has 0 aliphatic carbocycles. The van der Waals surface area contributed by atoms with Gasteiger partial charge < -0.3 is 10.6 Å². The third-order valence-electron chi connectivity index (χ3n) is 2.69. The largest absolute Gasteiger partial charge is 0.323 e. The highest BCUT2D eigenvalue weighted by Crippen LogP contribution is 2.17. The molecule has 2 N–H and O–H groups in total. The topological polar surface area (TPSA) is 66.9 Å². The highest BCUT2D eigenvalue weighted by atomic mass is 16.1. The van der Waals surface area contributed by atoms with Gasteiger partial charge in [-0.1, -0.05) is 0 Å². The van der Waals surface area contributed by atoms with Gasteiger partial charge >= 0.3 is 0 Å². The first kappa shape index (κ1) is 10.0. The van der Waals surface area contributed by atoms with Crippen LogP contribution in [0, 0.1) is 5.92 Å². The second-order valence-corrected chi connectivity index (χ2v) is 3.75. The summed E-state index contributed by atoms with van der Waals surface area (Å²) in [5.74, 6) is 0.0903. The van der Waals surface area contributed by atoms with Gasteiger partial charge in [0, 0.05) is 6.04 Å². The molecule has 0 bridgehead atoms. The highest BCUT2D eigenvalue weighted by molar-refractivity contribution is 5.92. The van der Waals surface area contributed by atoms with E-state index in [0.717, 1.165) is 13.0 Å². The van der Waals surface area contributed by atoms with E-state index in [4.69, 9.17) is 0 Å². The Labute approximate surface area is 88.3 Å². The summed E-state index contributed by atoms with van der Waals surface area (Å²) in [4.78, 5) is 19.5. The van der Waals surface area contributed by atoms with Gasteiger partial charge in [-0.05, 0) is 19.9 Å². The van der Waals surface area contributed by atoms with Crippen molar-refractivity contribution in [2.75, 3.05) is 11.9 Å². The van der Waals surface area contributed by atoms with E-state index in [1.54, 1.807) is 12.4 Å². The van der Waals surface area contributed by atoms with Crippen LogP contribution in [0.2, 0.25) is 0 Å². The molecule has 1 saturated heterocycles. The number of rotatable bonds is 2. The van der Waals surface area contributed by atoms with Crippen molar-refractivity contribution in [1.82, 2.24) is 15.3 Å². The minimum atomic E-state index is 0.0438. The normalized spacial score (nSPS) is 25.1. The number of hydrogen-bond donors (Lipinski definition) is 2. The van der Waals surface area contributed by atoms with Gasteiger partial charge in [-0.2, -0.15) is 0 Å². The predicted octanol–water partition coefficient (Wildman–Crippen LogP) is 0.413. The van der Waals surface area contributed by atoms with Crippen molar-refractivity contribution in [3.8, 4) is 0 Å². The summed E-state index contributed by atoms with van der Waals surface area (Å²) in [6.07, 6.45) is 5.52. The van der Waals surface area contributed by atoms with E-state index >= 15 is 0 Å². The Balaban J connectivity index is 1.98. The van der Waals surface area contributed by atoms with E-state index in [-0.39, 0.29) is 17.9 Å². The zero-order valence-electron chi connectivity index (χ0n) is 8.60. The summed E-state index contributed by atoms with van der Waals surface area (Å²) in [5.41, 5.74) is 0.654. The fraction of sp³-hybridized carbons (Fsp3) is 0.500. The van der Waals surface area contributed by atoms with Crippen LogP contribution in [0.25, 0.3) is 0 Å². The van der Waals surface area contributed by atoms with Crippen LogP contribution in [0.4, 0.5) is 5.69 Å². The van der Waals surface area contributed by atoms with Crippen molar-refractivity contribution in [3.05, 3.63) is 18.7 Å². The fourth-order valence-corrected chi connectivity index (χ4v) is 1.82. The molecule has 1 aromatic rings. The molecule has 5 nitrogen and oxygen atoms in total. The Bertz CT molecular complexity index is 341. The summed E-state index contributed by atoms with van der Waals surface area (Å²) in [5, 5.41) is 6.05. The molecule has 2 rings (SSSR count). The van der Waals surface area contributed by atoms with Crippen molar-refractivity contribution < 1.29 is 4.79 Å². The predicted molar refractivity (Wildman–Crippen MR) is 56.2 cm³/mol. The molecule has 15 heavy (non-hydrogen) atoms. The highest BCUT2D eigenvalue weighted by Gasteiger charge is 2.29. The first-order valence-electron chi connectivity index (χ1n) is 5.06. The number of nitrogens with zero attached hydrogens (tertiary/aromatic N) is 2. The number of anilines is 1. The zero-order chi connectivity index (χ0) is 10.7. The number of hydrogen-bond acceptors (Lipinski definition) is 4. The Morgan fingerprint density at radius 3 is 2.87 bits per heavy atom. The lowest BCUT2D eigenvalue weighted by atomic mass is 10.0. The van der Waals surface area contributed by atoms with E-state index < -0.39 is 0 Å². The minimum absolute atomic E-state index is 0.0438. The number of aromatic nitrogens is 2. The monoisotopic (exact) mass is 206 g/mol. The number of nitrogens with one attached hydrogen (secondary N) is 2. The molecule has 1 aliphatic rings. The summed E-state index contributed by atoms with van der Waals surface area (Å²) in [6, 6.07) is 0.245. The van der Waals surface area contributed by atoms with Crippen molar-refractivity contribution in [2.24, 2.45) is 5.92 Å². The van der Waals surface area contributed by atoms with Crippen molar-refractivity contribution in [3.63, 3.8) is 0 Å². The average molecular weight is 206 g/mol. The second-order valence-electron chi connectivity index (χ2n) is 3.75. The van der Waals surface area contributed by atoms with Gasteiger partial charge in [0.1, 0.15) is 6.33 Å². The third-order valence-corrected chi connectivity index (χ3v) is 2.69. The van der Waals surface area contributed by atoms with Gasteiger partial charge in [0.25, 0.3) is 0 Å². The van der Waals surface area contributed by atoms with Gasteiger partial charge in [0.15, 0.2) is 0 Å². The van der Waals surface area contributed by atoms with Gasteiger partial charge in [-0.25, -0.2) is 9.97 Å². The molecule has 0 aromatic carbocycles. The molecule has 1 aliphatic heterocycles. The number of amides is 1. The number of carbonyl (C=O) groups is 1. The number of carbonyl (C=O) groups excluding carboxylic acids is 1. The van der Waals surface area contributed by atoms with Gasteiger partial charge in [-0.3, -0.25) is 4.79 Å². The van der Waals surface area contributed by atoms with Gasteiger partial charge in [0.2, 0.25) is 5.91 Å². The molecule has 0 saturated carbocycles. The van der Waals surface area contributed by atoms with E-state index in [2.05, 4.69) is 20.6 Å². The third kappa shape index (κ3) is 2.30. The van der Waals surface area contributed by atoms with Crippen molar-refractivity contribution in [1.29, 1.82) is 0 Å². The lowest BCUT2D eigenvalue weighted by Crippen LogP contribution is -2.32. The molecule has 1 aromatic heterocycles. The lowest BCUT2D eigenvalue weighted by Gasteiger charge is -2.14. The quantitative estimate of drug-likeness (QED) is 0.735. The Kier molecular flexibility index (Phi) is 2.91. The summed E-state index contributed by atoms with van der Waals surface area (Å²) < 4.78 is 0. The fourth-order valence-electron chi connectivity index (χ4n) is 1.82. The first-order chi connectivity index (χ1) is 7.27. The second kappa shape index (κ2) is 4.35. The maximum Gasteiger partial charge on any atom is 0.229 e. The SMILES string of the molecule is CC1NCCC1C(=O)Nc1cncnc1. The molecule has 2 heterocycles. The van der Waals surface area contributed by atoms with Crippen LogP contribution in [0.15, 0.2) is 18.7 Å². The average Bonchev–Trinajstić information content (AvgIpc) is 2.66. The molecule has 2 atom stereocenters. The van der Waals surface area contributed by atoms with E-state index in [1.165, 1.54) is 6.33 Å². The molecule has 1 amide bonds. The zero-order valence-corrected chi connectivity index (χ0v) is 8.60. The Hall–Kier alpha value is -1.49. The van der Waals surface area contributed by atoms with Crippen LogP contribution in [0.1, 0.15) is 13.3 Å². The maximum atomic E-state index is 11.8. The molecule has 0 radical (unpaired) electrons. The van der Waals surface area contributed by atoms with E-state index in [9.17, 15) is 4.79 Å². The van der Waals surface area contributed by atoms with Crippen molar-refractivity contribution >= 4 is 11.6 Å². The Morgan fingerprint density at radius 1 is 1.53 bits per heavy atom. The Morgan fingerprint density at radius 2 is 2.27 bits per heavy atom. The van der Waals surface area contributed by atoms with Crippen LogP contribution in [0.3, 0.4) is 0 Å². The van der Waals surface area contributed by atoms with Gasteiger partial charge in [-0.15, -0.1) is 0 Å². The summed E-state index contributed by atoms with van der Waals surface area (Å²) in [6.45, 7) is 2.93.